The molecule has 1 aliphatic rings. The van der Waals surface area contributed by atoms with E-state index in [1.807, 2.05) is 39.9 Å². The zero-order valence-electron chi connectivity index (χ0n) is 15.3. The number of amides is 2. The number of hydrogen-bond donors (Lipinski definition) is 1. The van der Waals surface area contributed by atoms with E-state index in [0.717, 1.165) is 31.7 Å². The molecule has 0 bridgehead atoms. The summed E-state index contributed by atoms with van der Waals surface area (Å²) >= 11 is 1.60. The molecule has 0 radical (unpaired) electrons. The van der Waals surface area contributed by atoms with Crippen LogP contribution in [0.15, 0.2) is 53.2 Å². The molecule has 0 spiro atoms. The van der Waals surface area contributed by atoms with Crippen LogP contribution in [0.3, 0.4) is 0 Å². The molecule has 2 amide bonds. The maximum absolute atomic E-state index is 12.3. The molecule has 0 atom stereocenters. The SMILES string of the molecule is O=C(/C=C/c1ccsc1)NCCCC(=O)N1CCN(c2ccccc2)CC1. The summed E-state index contributed by atoms with van der Waals surface area (Å²) in [5.41, 5.74) is 2.24. The van der Waals surface area contributed by atoms with E-state index in [0.29, 0.717) is 19.4 Å². The van der Waals surface area contributed by atoms with Gasteiger partial charge in [0.1, 0.15) is 0 Å². The summed E-state index contributed by atoms with van der Waals surface area (Å²) in [7, 11) is 0. The Kier molecular flexibility index (Phi) is 7.04. The van der Waals surface area contributed by atoms with Gasteiger partial charge in [0.05, 0.1) is 0 Å². The van der Waals surface area contributed by atoms with Crippen molar-refractivity contribution in [3.05, 3.63) is 58.8 Å². The fraction of sp³-hybridized carbons (Fsp3) is 0.333. The third-order valence-corrected chi connectivity index (χ3v) is 5.29. The maximum Gasteiger partial charge on any atom is 0.243 e. The third kappa shape index (κ3) is 5.96. The standard InChI is InChI=1S/C21H25N3O2S/c25-20(9-8-18-10-16-27-17-18)22-11-4-7-21(26)24-14-12-23(13-15-24)19-5-2-1-3-6-19/h1-3,5-6,8-10,16-17H,4,7,11-15H2,(H,22,25)/b9-8+. The fourth-order valence-corrected chi connectivity index (χ4v) is 3.69. The first kappa shape index (κ1) is 19.2. The lowest BCUT2D eigenvalue weighted by atomic mass is 10.2. The second-order valence-electron chi connectivity index (χ2n) is 6.49. The van der Waals surface area contributed by atoms with Crippen molar-refractivity contribution in [2.75, 3.05) is 37.6 Å². The molecule has 1 saturated heterocycles. The predicted octanol–water partition coefficient (Wildman–Crippen LogP) is 3.01. The van der Waals surface area contributed by atoms with Crippen LogP contribution in [0.4, 0.5) is 5.69 Å². The smallest absolute Gasteiger partial charge is 0.243 e. The maximum atomic E-state index is 12.3. The molecular weight excluding hydrogens is 358 g/mol. The Bertz CT molecular complexity index is 751. The van der Waals surface area contributed by atoms with Crippen LogP contribution in [-0.4, -0.2) is 49.4 Å². The van der Waals surface area contributed by atoms with Crippen LogP contribution in [0.1, 0.15) is 18.4 Å². The Morgan fingerprint density at radius 1 is 1.07 bits per heavy atom. The Morgan fingerprint density at radius 3 is 2.56 bits per heavy atom. The minimum absolute atomic E-state index is 0.120. The molecular formula is C21H25N3O2S. The van der Waals surface area contributed by atoms with Crippen LogP contribution in [0.25, 0.3) is 6.08 Å². The first-order chi connectivity index (χ1) is 13.2. The second-order valence-corrected chi connectivity index (χ2v) is 7.27. The quantitative estimate of drug-likeness (QED) is 0.591. The van der Waals surface area contributed by atoms with Crippen molar-refractivity contribution in [1.29, 1.82) is 0 Å². The monoisotopic (exact) mass is 383 g/mol. The Labute approximate surface area is 164 Å². The average molecular weight is 384 g/mol. The van der Waals surface area contributed by atoms with Gasteiger partial charge in [-0.3, -0.25) is 9.59 Å². The van der Waals surface area contributed by atoms with Gasteiger partial charge in [0, 0.05) is 50.9 Å². The number of nitrogens with one attached hydrogen (secondary N) is 1. The van der Waals surface area contributed by atoms with Gasteiger partial charge in [-0.1, -0.05) is 18.2 Å². The summed E-state index contributed by atoms with van der Waals surface area (Å²) in [6.07, 6.45) is 4.46. The average Bonchev–Trinajstić information content (AvgIpc) is 3.24. The highest BCUT2D eigenvalue weighted by Gasteiger charge is 2.20. The number of carbonyl (C=O) groups excluding carboxylic acids is 2. The van der Waals surface area contributed by atoms with E-state index in [2.05, 4.69) is 22.3 Å². The lowest BCUT2D eigenvalue weighted by molar-refractivity contribution is -0.131. The van der Waals surface area contributed by atoms with E-state index in [-0.39, 0.29) is 11.8 Å². The largest absolute Gasteiger partial charge is 0.368 e. The number of hydrogen-bond acceptors (Lipinski definition) is 4. The number of para-hydroxylation sites is 1. The Morgan fingerprint density at radius 2 is 1.85 bits per heavy atom. The number of nitrogens with zero attached hydrogens (tertiary/aromatic N) is 2. The minimum Gasteiger partial charge on any atom is -0.368 e. The van der Waals surface area contributed by atoms with Crippen molar-refractivity contribution in [3.8, 4) is 0 Å². The molecule has 1 aromatic carbocycles. The van der Waals surface area contributed by atoms with E-state index in [1.54, 1.807) is 17.4 Å². The molecule has 0 aliphatic carbocycles. The van der Waals surface area contributed by atoms with E-state index in [1.165, 1.54) is 11.8 Å². The lowest BCUT2D eigenvalue weighted by Crippen LogP contribution is -2.48. The number of anilines is 1. The van der Waals surface area contributed by atoms with Crippen molar-refractivity contribution in [2.45, 2.75) is 12.8 Å². The molecule has 5 nitrogen and oxygen atoms in total. The molecule has 1 aromatic heterocycles. The first-order valence-electron chi connectivity index (χ1n) is 9.28. The number of piperazine rings is 1. The number of carbonyl (C=O) groups is 2. The number of benzene rings is 1. The Hall–Kier alpha value is -2.60. The van der Waals surface area contributed by atoms with Crippen molar-refractivity contribution in [2.24, 2.45) is 0 Å². The van der Waals surface area contributed by atoms with Gasteiger partial charge in [-0.05, 0) is 47.0 Å². The molecule has 0 saturated carbocycles. The van der Waals surface area contributed by atoms with Gasteiger partial charge in [0.25, 0.3) is 0 Å². The van der Waals surface area contributed by atoms with Crippen LogP contribution in [0, 0.1) is 0 Å². The zero-order chi connectivity index (χ0) is 18.9. The summed E-state index contributed by atoms with van der Waals surface area (Å²) in [5.74, 6) is 0.0518. The zero-order valence-corrected chi connectivity index (χ0v) is 16.2. The molecule has 6 heteroatoms. The molecule has 0 unspecified atom stereocenters. The highest BCUT2D eigenvalue weighted by molar-refractivity contribution is 7.08. The summed E-state index contributed by atoms with van der Waals surface area (Å²) in [6, 6.07) is 12.3. The van der Waals surface area contributed by atoms with Crippen LogP contribution >= 0.6 is 11.3 Å². The van der Waals surface area contributed by atoms with Crippen molar-refractivity contribution >= 4 is 34.9 Å². The molecule has 3 rings (SSSR count). The van der Waals surface area contributed by atoms with Crippen LogP contribution in [0.5, 0.6) is 0 Å². The van der Waals surface area contributed by atoms with Crippen molar-refractivity contribution in [1.82, 2.24) is 10.2 Å². The normalized spacial score (nSPS) is 14.5. The summed E-state index contributed by atoms with van der Waals surface area (Å²) in [5, 5.41) is 6.79. The molecule has 1 aliphatic heterocycles. The second kappa shape index (κ2) is 9.92. The molecule has 2 heterocycles. The van der Waals surface area contributed by atoms with Gasteiger partial charge in [-0.2, -0.15) is 11.3 Å². The van der Waals surface area contributed by atoms with Gasteiger partial charge in [0.15, 0.2) is 0 Å². The highest BCUT2D eigenvalue weighted by atomic mass is 32.1. The van der Waals surface area contributed by atoms with Crippen LogP contribution in [-0.2, 0) is 9.59 Å². The van der Waals surface area contributed by atoms with E-state index < -0.39 is 0 Å². The lowest BCUT2D eigenvalue weighted by Gasteiger charge is -2.36. The molecule has 1 N–H and O–H groups in total. The molecule has 142 valence electrons. The number of thiophene rings is 1. The summed E-state index contributed by atoms with van der Waals surface area (Å²) in [4.78, 5) is 28.3. The van der Waals surface area contributed by atoms with E-state index in [9.17, 15) is 9.59 Å². The van der Waals surface area contributed by atoms with E-state index in [4.69, 9.17) is 0 Å². The fourth-order valence-electron chi connectivity index (χ4n) is 3.06. The Balaban J connectivity index is 1.31. The highest BCUT2D eigenvalue weighted by Crippen LogP contribution is 2.16. The van der Waals surface area contributed by atoms with Crippen LogP contribution in [0.2, 0.25) is 0 Å². The number of rotatable bonds is 7. The van der Waals surface area contributed by atoms with Gasteiger partial charge in [-0.15, -0.1) is 0 Å². The van der Waals surface area contributed by atoms with E-state index >= 15 is 0 Å². The minimum atomic E-state index is -0.120. The van der Waals surface area contributed by atoms with Gasteiger partial charge < -0.3 is 15.1 Å². The summed E-state index contributed by atoms with van der Waals surface area (Å²) < 4.78 is 0. The van der Waals surface area contributed by atoms with Gasteiger partial charge in [0.2, 0.25) is 11.8 Å². The topological polar surface area (TPSA) is 52.7 Å². The summed E-state index contributed by atoms with van der Waals surface area (Å²) in [6.45, 7) is 3.75. The van der Waals surface area contributed by atoms with Crippen LogP contribution < -0.4 is 10.2 Å². The van der Waals surface area contributed by atoms with Crippen molar-refractivity contribution < 1.29 is 9.59 Å². The van der Waals surface area contributed by atoms with Gasteiger partial charge in [-0.25, -0.2) is 0 Å². The van der Waals surface area contributed by atoms with Gasteiger partial charge >= 0.3 is 0 Å². The molecule has 1 fully saturated rings. The molecule has 2 aromatic rings. The third-order valence-electron chi connectivity index (χ3n) is 4.59. The predicted molar refractivity (Wildman–Crippen MR) is 111 cm³/mol. The van der Waals surface area contributed by atoms with Crippen molar-refractivity contribution in [3.63, 3.8) is 0 Å². The molecule has 27 heavy (non-hydrogen) atoms. The first-order valence-corrected chi connectivity index (χ1v) is 10.2.